The number of aromatic nitrogens is 2. The molecule has 0 saturated carbocycles. The molecule has 8 heteroatoms. The Balaban J connectivity index is 1.41. The Bertz CT molecular complexity index is 1250. The van der Waals surface area contributed by atoms with Gasteiger partial charge >= 0.3 is 0 Å². The van der Waals surface area contributed by atoms with Crippen molar-refractivity contribution in [2.45, 2.75) is 26.7 Å². The molecule has 1 saturated heterocycles. The molecule has 2 heterocycles. The largest absolute Gasteiger partial charge is 0.355 e. The van der Waals surface area contributed by atoms with Crippen molar-refractivity contribution in [2.75, 3.05) is 23.3 Å². The van der Waals surface area contributed by atoms with E-state index in [0.29, 0.717) is 53.7 Å². The number of benzene rings is 2. The summed E-state index contributed by atoms with van der Waals surface area (Å²) in [6.07, 6.45) is 1.35. The van der Waals surface area contributed by atoms with Crippen LogP contribution in [0.15, 0.2) is 59.4 Å². The van der Waals surface area contributed by atoms with Crippen molar-refractivity contribution in [1.29, 1.82) is 0 Å². The lowest BCUT2D eigenvalue weighted by Gasteiger charge is -2.32. The summed E-state index contributed by atoms with van der Waals surface area (Å²) in [6, 6.07) is 15.5. The second kappa shape index (κ2) is 9.58. The molecule has 0 atom stereocenters. The van der Waals surface area contributed by atoms with E-state index in [0.717, 1.165) is 5.56 Å². The molecule has 7 nitrogen and oxygen atoms in total. The van der Waals surface area contributed by atoms with Crippen LogP contribution in [-0.2, 0) is 4.79 Å². The normalized spacial score (nSPS) is 14.2. The van der Waals surface area contributed by atoms with Gasteiger partial charge in [-0.3, -0.25) is 14.4 Å². The Morgan fingerprint density at radius 2 is 1.73 bits per heavy atom. The maximum absolute atomic E-state index is 12.7. The summed E-state index contributed by atoms with van der Waals surface area (Å²) in [6.45, 7) is 4.72. The first-order valence-electron chi connectivity index (χ1n) is 10.9. The van der Waals surface area contributed by atoms with Crippen LogP contribution in [0.4, 0.5) is 11.5 Å². The number of hydrogen-bond donors (Lipinski definition) is 1. The third kappa shape index (κ3) is 5.14. The smallest absolute Gasteiger partial charge is 0.271 e. The predicted molar refractivity (Wildman–Crippen MR) is 130 cm³/mol. The number of rotatable bonds is 5. The van der Waals surface area contributed by atoms with Crippen LogP contribution in [0, 0.1) is 12.8 Å². The molecule has 3 aromatic rings. The molecule has 33 heavy (non-hydrogen) atoms. The standard InChI is InChI=1S/C25H25ClN4O3/c1-16-3-8-21(15-22(16)26)30-24(32)10-9-23(28-30)29-13-11-19(12-14-29)25(33)27-20-6-4-18(5-7-20)17(2)31/h3-10,15,19H,11-14H2,1-2H3,(H,27,33). The van der Waals surface area contributed by atoms with Gasteiger partial charge in [0.1, 0.15) is 5.82 Å². The summed E-state index contributed by atoms with van der Waals surface area (Å²) in [5.41, 5.74) is 2.60. The van der Waals surface area contributed by atoms with Crippen LogP contribution in [0.2, 0.25) is 5.02 Å². The van der Waals surface area contributed by atoms with Crippen LogP contribution >= 0.6 is 11.6 Å². The molecule has 1 N–H and O–H groups in total. The summed E-state index contributed by atoms with van der Waals surface area (Å²) in [4.78, 5) is 38.6. The van der Waals surface area contributed by atoms with Gasteiger partial charge in [0, 0.05) is 41.3 Å². The minimum atomic E-state index is -0.233. The highest BCUT2D eigenvalue weighted by atomic mass is 35.5. The van der Waals surface area contributed by atoms with Gasteiger partial charge in [-0.15, -0.1) is 5.10 Å². The van der Waals surface area contributed by atoms with E-state index in [4.69, 9.17) is 11.6 Å². The second-order valence-electron chi connectivity index (χ2n) is 8.26. The molecule has 4 rings (SSSR count). The molecule has 170 valence electrons. The van der Waals surface area contributed by atoms with Crippen LogP contribution in [0.25, 0.3) is 5.69 Å². The number of halogens is 1. The van der Waals surface area contributed by atoms with Crippen LogP contribution in [0.1, 0.15) is 35.7 Å². The Labute approximate surface area is 197 Å². The van der Waals surface area contributed by atoms with E-state index in [2.05, 4.69) is 15.3 Å². The van der Waals surface area contributed by atoms with Crippen molar-refractivity contribution in [3.05, 3.63) is 81.1 Å². The highest BCUT2D eigenvalue weighted by Gasteiger charge is 2.26. The minimum Gasteiger partial charge on any atom is -0.355 e. The summed E-state index contributed by atoms with van der Waals surface area (Å²) >= 11 is 6.22. The zero-order valence-corrected chi connectivity index (χ0v) is 19.3. The Hall–Kier alpha value is -3.45. The average molecular weight is 465 g/mol. The molecule has 0 spiro atoms. The van der Waals surface area contributed by atoms with Crippen LogP contribution in [0.5, 0.6) is 0 Å². The number of piperidine rings is 1. The number of ketones is 1. The SMILES string of the molecule is CC(=O)c1ccc(NC(=O)C2CCN(c3ccc(=O)n(-c4ccc(C)c(Cl)c4)n3)CC2)cc1. The summed E-state index contributed by atoms with van der Waals surface area (Å²) in [7, 11) is 0. The van der Waals surface area contributed by atoms with Gasteiger partial charge in [0.25, 0.3) is 5.56 Å². The number of hydrogen-bond acceptors (Lipinski definition) is 5. The van der Waals surface area contributed by atoms with Gasteiger partial charge in [-0.25, -0.2) is 0 Å². The van der Waals surface area contributed by atoms with Crippen molar-refractivity contribution < 1.29 is 9.59 Å². The van der Waals surface area contributed by atoms with Crippen LogP contribution < -0.4 is 15.8 Å². The number of nitrogens with one attached hydrogen (secondary N) is 1. The van der Waals surface area contributed by atoms with E-state index in [1.165, 1.54) is 17.7 Å². The number of nitrogens with zero attached hydrogens (tertiary/aromatic N) is 3. The zero-order chi connectivity index (χ0) is 23.5. The highest BCUT2D eigenvalue weighted by Crippen LogP contribution is 2.24. The number of amides is 1. The molecule has 1 aliphatic heterocycles. The fraction of sp³-hybridized carbons (Fsp3) is 0.280. The summed E-state index contributed by atoms with van der Waals surface area (Å²) in [5, 5.41) is 8.06. The third-order valence-electron chi connectivity index (χ3n) is 5.93. The second-order valence-corrected chi connectivity index (χ2v) is 8.67. The fourth-order valence-electron chi connectivity index (χ4n) is 3.87. The number of carbonyl (C=O) groups is 2. The van der Waals surface area contributed by atoms with Crippen molar-refractivity contribution in [1.82, 2.24) is 9.78 Å². The van der Waals surface area contributed by atoms with Gasteiger partial charge in [-0.2, -0.15) is 4.68 Å². The molecule has 0 unspecified atom stereocenters. The first-order valence-corrected chi connectivity index (χ1v) is 11.2. The highest BCUT2D eigenvalue weighted by molar-refractivity contribution is 6.31. The topological polar surface area (TPSA) is 84.3 Å². The molecule has 0 radical (unpaired) electrons. The quantitative estimate of drug-likeness (QED) is 0.570. The Morgan fingerprint density at radius 1 is 1.03 bits per heavy atom. The number of carbonyl (C=O) groups excluding carboxylic acids is 2. The van der Waals surface area contributed by atoms with Gasteiger partial charge in [-0.05, 0) is 74.7 Å². The lowest BCUT2D eigenvalue weighted by molar-refractivity contribution is -0.120. The van der Waals surface area contributed by atoms with Gasteiger partial charge in [0.15, 0.2) is 5.78 Å². The molecular weight excluding hydrogens is 440 g/mol. The zero-order valence-electron chi connectivity index (χ0n) is 18.5. The van der Waals surface area contributed by atoms with Gasteiger partial charge in [-0.1, -0.05) is 17.7 Å². The lowest BCUT2D eigenvalue weighted by atomic mass is 9.95. The van der Waals surface area contributed by atoms with Crippen LogP contribution in [-0.4, -0.2) is 34.6 Å². The molecule has 1 aliphatic rings. The summed E-state index contributed by atoms with van der Waals surface area (Å²) in [5.74, 6) is 0.531. The minimum absolute atomic E-state index is 0.00864. The molecule has 0 aliphatic carbocycles. The van der Waals surface area contributed by atoms with Crippen molar-refractivity contribution in [2.24, 2.45) is 5.92 Å². The molecule has 1 aromatic heterocycles. The molecule has 0 bridgehead atoms. The third-order valence-corrected chi connectivity index (χ3v) is 6.34. The maximum Gasteiger partial charge on any atom is 0.271 e. The molecular formula is C25H25ClN4O3. The first-order chi connectivity index (χ1) is 15.8. The predicted octanol–water partition coefficient (Wildman–Crippen LogP) is 4.25. The Morgan fingerprint density at radius 3 is 2.36 bits per heavy atom. The van der Waals surface area contributed by atoms with E-state index in [1.807, 2.05) is 19.1 Å². The van der Waals surface area contributed by atoms with Crippen molar-refractivity contribution in [3.63, 3.8) is 0 Å². The van der Waals surface area contributed by atoms with E-state index in [-0.39, 0.29) is 23.2 Å². The monoisotopic (exact) mass is 464 g/mol. The van der Waals surface area contributed by atoms with E-state index < -0.39 is 0 Å². The van der Waals surface area contributed by atoms with Gasteiger partial charge < -0.3 is 10.2 Å². The Kier molecular flexibility index (Phi) is 6.60. The molecule has 1 fully saturated rings. The van der Waals surface area contributed by atoms with Crippen LogP contribution in [0.3, 0.4) is 0 Å². The van der Waals surface area contributed by atoms with Crippen molar-refractivity contribution >= 4 is 34.8 Å². The fourth-order valence-corrected chi connectivity index (χ4v) is 4.05. The molecule has 2 aromatic carbocycles. The average Bonchev–Trinajstić information content (AvgIpc) is 2.82. The number of anilines is 2. The van der Waals surface area contributed by atoms with E-state index >= 15 is 0 Å². The summed E-state index contributed by atoms with van der Waals surface area (Å²) < 4.78 is 1.35. The van der Waals surface area contributed by atoms with Gasteiger partial charge in [0.05, 0.1) is 5.69 Å². The number of Topliss-reactive ketones (excluding diaryl/α,β-unsaturated/α-hetero) is 1. The van der Waals surface area contributed by atoms with E-state index in [9.17, 15) is 14.4 Å². The lowest BCUT2D eigenvalue weighted by Crippen LogP contribution is -2.39. The molecule has 1 amide bonds. The van der Waals surface area contributed by atoms with Crippen molar-refractivity contribution in [3.8, 4) is 5.69 Å². The number of aryl methyl sites for hydroxylation is 1. The first kappa shape index (κ1) is 22.7. The van der Waals surface area contributed by atoms with E-state index in [1.54, 1.807) is 36.4 Å². The maximum atomic E-state index is 12.7. The van der Waals surface area contributed by atoms with Gasteiger partial charge in [0.2, 0.25) is 5.91 Å².